The highest BCUT2D eigenvalue weighted by molar-refractivity contribution is 5.57. The number of ether oxygens (including phenoxy) is 3. The van der Waals surface area contributed by atoms with E-state index >= 15 is 0 Å². The Morgan fingerprint density at radius 2 is 1.86 bits per heavy atom. The number of methoxy groups -OCH3 is 2. The fourth-order valence-corrected chi connectivity index (χ4v) is 6.32. The average molecular weight is 506 g/mol. The molecule has 198 valence electrons. The number of hydrogen-bond acceptors (Lipinski definition) is 8. The van der Waals surface area contributed by atoms with Crippen molar-refractivity contribution in [3.05, 3.63) is 36.2 Å². The van der Waals surface area contributed by atoms with Crippen LogP contribution in [0.3, 0.4) is 0 Å². The zero-order valence-electron chi connectivity index (χ0n) is 22.3. The Balaban J connectivity index is 1.23. The van der Waals surface area contributed by atoms with Crippen molar-refractivity contribution in [1.29, 1.82) is 5.26 Å². The monoisotopic (exact) mass is 505 g/mol. The third-order valence-corrected chi connectivity index (χ3v) is 8.42. The maximum absolute atomic E-state index is 9.22. The van der Waals surface area contributed by atoms with Gasteiger partial charge in [-0.2, -0.15) is 5.26 Å². The van der Waals surface area contributed by atoms with Crippen molar-refractivity contribution in [2.24, 2.45) is 5.92 Å². The van der Waals surface area contributed by atoms with E-state index in [9.17, 15) is 5.26 Å². The molecule has 2 aromatic heterocycles. The van der Waals surface area contributed by atoms with Crippen molar-refractivity contribution in [2.45, 2.75) is 76.0 Å². The van der Waals surface area contributed by atoms with E-state index in [0.717, 1.165) is 38.2 Å². The predicted octanol–water partition coefficient (Wildman–Crippen LogP) is 4.94. The fourth-order valence-electron chi connectivity index (χ4n) is 6.32. The lowest BCUT2D eigenvalue weighted by atomic mass is 9.93. The minimum atomic E-state index is 0.115. The molecule has 37 heavy (non-hydrogen) atoms. The van der Waals surface area contributed by atoms with Crippen molar-refractivity contribution in [3.63, 3.8) is 0 Å². The van der Waals surface area contributed by atoms with Crippen molar-refractivity contribution in [2.75, 3.05) is 43.7 Å². The lowest BCUT2D eigenvalue weighted by molar-refractivity contribution is 0.116. The number of anilines is 2. The molecule has 4 heterocycles. The van der Waals surface area contributed by atoms with E-state index in [4.69, 9.17) is 14.2 Å². The number of rotatable bonds is 8. The van der Waals surface area contributed by atoms with E-state index < -0.39 is 0 Å². The Hall–Kier alpha value is -3.05. The molecular formula is C29H39N5O3. The molecule has 2 saturated heterocycles. The summed E-state index contributed by atoms with van der Waals surface area (Å²) in [6.45, 7) is 4.91. The SMILES string of the molecule is COc1cc(N2CC[C@@H](Oc3ccc(N4C[C@H](OC)C[C@@H]4CC#N)cn3)[C@H](C)C2)c(C2CCCC2)cn1. The topological polar surface area (TPSA) is 83.7 Å². The fraction of sp³-hybridized carbons (Fsp3) is 0.621. The summed E-state index contributed by atoms with van der Waals surface area (Å²) in [7, 11) is 3.42. The van der Waals surface area contributed by atoms with E-state index in [1.165, 1.54) is 36.9 Å². The molecular weight excluding hydrogens is 466 g/mol. The van der Waals surface area contributed by atoms with Gasteiger partial charge in [-0.05, 0) is 36.8 Å². The molecule has 8 nitrogen and oxygen atoms in total. The van der Waals surface area contributed by atoms with Gasteiger partial charge in [0.1, 0.15) is 6.10 Å². The summed E-state index contributed by atoms with van der Waals surface area (Å²) < 4.78 is 17.4. The van der Waals surface area contributed by atoms with Gasteiger partial charge < -0.3 is 24.0 Å². The first-order valence-corrected chi connectivity index (χ1v) is 13.7. The zero-order chi connectivity index (χ0) is 25.8. The highest BCUT2D eigenvalue weighted by Crippen LogP contribution is 2.41. The standard InChI is InChI=1S/C29H39N5O3/c1-20-18-33(26-15-29(36-3)32-17-25(26)21-6-4-5-7-21)13-11-27(20)37-28-9-8-23(16-31-28)34-19-24(35-2)14-22(34)10-12-30/h8-9,15-17,20-22,24,27H,4-7,10-11,13-14,18-19H2,1-3H3/t20-,22+,24-,27-/m1/s1. The molecule has 0 spiro atoms. The molecule has 1 aliphatic carbocycles. The molecule has 0 unspecified atom stereocenters. The quantitative estimate of drug-likeness (QED) is 0.499. The largest absolute Gasteiger partial charge is 0.481 e. The predicted molar refractivity (Wildman–Crippen MR) is 143 cm³/mol. The van der Waals surface area contributed by atoms with Gasteiger partial charge in [0.25, 0.3) is 0 Å². The molecule has 0 N–H and O–H groups in total. The molecule has 1 saturated carbocycles. The van der Waals surface area contributed by atoms with Crippen LogP contribution in [0, 0.1) is 17.2 Å². The summed E-state index contributed by atoms with van der Waals surface area (Å²) in [5.74, 6) is 2.29. The number of nitriles is 1. The van der Waals surface area contributed by atoms with Crippen LogP contribution >= 0.6 is 0 Å². The van der Waals surface area contributed by atoms with E-state index in [0.29, 0.717) is 30.0 Å². The number of piperidine rings is 1. The summed E-state index contributed by atoms with van der Waals surface area (Å²) in [5.41, 5.74) is 3.66. The Labute approximate surface area is 220 Å². The highest BCUT2D eigenvalue weighted by Gasteiger charge is 2.33. The van der Waals surface area contributed by atoms with Gasteiger partial charge in [0, 0.05) is 69.1 Å². The second-order valence-electron chi connectivity index (χ2n) is 10.8. The first kappa shape index (κ1) is 25.6. The summed E-state index contributed by atoms with van der Waals surface area (Å²) in [6, 6.07) is 8.61. The Morgan fingerprint density at radius 1 is 1.05 bits per heavy atom. The highest BCUT2D eigenvalue weighted by atomic mass is 16.5. The van der Waals surface area contributed by atoms with Crippen molar-refractivity contribution >= 4 is 11.4 Å². The molecule has 5 rings (SSSR count). The number of hydrogen-bond donors (Lipinski definition) is 0. The third kappa shape index (κ3) is 5.62. The molecule has 3 aliphatic rings. The smallest absolute Gasteiger partial charge is 0.215 e. The van der Waals surface area contributed by atoms with Crippen LogP contribution in [0.5, 0.6) is 11.8 Å². The number of pyridine rings is 2. The second kappa shape index (κ2) is 11.6. The third-order valence-electron chi connectivity index (χ3n) is 8.42. The van der Waals surface area contributed by atoms with Crippen molar-refractivity contribution in [3.8, 4) is 17.8 Å². The van der Waals surface area contributed by atoms with E-state index in [2.05, 4.69) is 44.9 Å². The van der Waals surface area contributed by atoms with Crippen LogP contribution in [-0.4, -0.2) is 62.1 Å². The molecule has 2 aliphatic heterocycles. The Morgan fingerprint density at radius 3 is 2.54 bits per heavy atom. The van der Waals surface area contributed by atoms with E-state index in [-0.39, 0.29) is 18.2 Å². The zero-order valence-corrected chi connectivity index (χ0v) is 22.3. The minimum absolute atomic E-state index is 0.115. The summed E-state index contributed by atoms with van der Waals surface area (Å²) in [5, 5.41) is 9.22. The van der Waals surface area contributed by atoms with Crippen LogP contribution in [0.1, 0.15) is 63.4 Å². The van der Waals surface area contributed by atoms with Crippen LogP contribution in [0.2, 0.25) is 0 Å². The van der Waals surface area contributed by atoms with Gasteiger partial charge in [-0.1, -0.05) is 19.8 Å². The molecule has 3 fully saturated rings. The summed E-state index contributed by atoms with van der Waals surface area (Å²) in [6.07, 6.45) is 11.6. The molecule has 0 aromatic carbocycles. The number of aromatic nitrogens is 2. The van der Waals surface area contributed by atoms with Gasteiger partial charge in [-0.25, -0.2) is 9.97 Å². The lowest BCUT2D eigenvalue weighted by Crippen LogP contribution is -2.45. The van der Waals surface area contributed by atoms with Gasteiger partial charge in [0.2, 0.25) is 11.8 Å². The van der Waals surface area contributed by atoms with Gasteiger partial charge in [0.15, 0.2) is 0 Å². The Kier molecular flexibility index (Phi) is 7.99. The van der Waals surface area contributed by atoms with Crippen LogP contribution in [-0.2, 0) is 4.74 Å². The summed E-state index contributed by atoms with van der Waals surface area (Å²) in [4.78, 5) is 13.9. The number of nitrogens with zero attached hydrogens (tertiary/aromatic N) is 5. The summed E-state index contributed by atoms with van der Waals surface area (Å²) >= 11 is 0. The maximum atomic E-state index is 9.22. The van der Waals surface area contributed by atoms with E-state index in [1.807, 2.05) is 18.5 Å². The van der Waals surface area contributed by atoms with Crippen LogP contribution < -0.4 is 19.3 Å². The van der Waals surface area contributed by atoms with Crippen LogP contribution in [0.4, 0.5) is 11.4 Å². The Bertz CT molecular complexity index is 1080. The molecule has 0 radical (unpaired) electrons. The van der Waals surface area contributed by atoms with Crippen LogP contribution in [0.25, 0.3) is 0 Å². The first-order chi connectivity index (χ1) is 18.1. The van der Waals surface area contributed by atoms with Crippen molar-refractivity contribution in [1.82, 2.24) is 9.97 Å². The van der Waals surface area contributed by atoms with Crippen LogP contribution in [0.15, 0.2) is 30.6 Å². The molecule has 2 aromatic rings. The van der Waals surface area contributed by atoms with Gasteiger partial charge >= 0.3 is 0 Å². The van der Waals surface area contributed by atoms with Gasteiger partial charge in [0.05, 0.1) is 37.6 Å². The normalized spacial score (nSPS) is 26.3. The second-order valence-corrected chi connectivity index (χ2v) is 10.8. The molecule has 4 atom stereocenters. The maximum Gasteiger partial charge on any atom is 0.215 e. The molecule has 0 bridgehead atoms. The average Bonchev–Trinajstić information content (AvgIpc) is 3.61. The van der Waals surface area contributed by atoms with Crippen molar-refractivity contribution < 1.29 is 14.2 Å². The van der Waals surface area contributed by atoms with Gasteiger partial charge in [-0.3, -0.25) is 0 Å². The first-order valence-electron chi connectivity index (χ1n) is 13.7. The molecule has 0 amide bonds. The lowest BCUT2D eigenvalue weighted by Gasteiger charge is -2.39. The van der Waals surface area contributed by atoms with E-state index in [1.54, 1.807) is 14.2 Å². The minimum Gasteiger partial charge on any atom is -0.481 e. The van der Waals surface area contributed by atoms with Gasteiger partial charge in [-0.15, -0.1) is 0 Å². The molecule has 8 heteroatoms.